The van der Waals surface area contributed by atoms with Gasteiger partial charge in [-0.2, -0.15) is 13.2 Å². The van der Waals surface area contributed by atoms with E-state index in [0.717, 1.165) is 11.6 Å². The Bertz CT molecular complexity index is 1000. The molecule has 0 aliphatic carbocycles. The molecule has 0 radical (unpaired) electrons. The lowest BCUT2D eigenvalue weighted by molar-refractivity contribution is -0.142. The molecule has 1 unspecified atom stereocenters. The zero-order chi connectivity index (χ0) is 24.8. The number of para-hydroxylation sites is 1. The van der Waals surface area contributed by atoms with Crippen molar-refractivity contribution in [3.8, 4) is 0 Å². The molecule has 2 aliphatic rings. The van der Waals surface area contributed by atoms with Crippen LogP contribution in [0.2, 0.25) is 0 Å². The molecular weight excluding hydrogens is 461 g/mol. The Kier molecular flexibility index (Phi) is 8.04. The van der Waals surface area contributed by atoms with Crippen molar-refractivity contribution in [2.24, 2.45) is 0 Å². The van der Waals surface area contributed by atoms with E-state index in [4.69, 9.17) is 4.74 Å². The molecule has 7 nitrogen and oxygen atoms in total. The van der Waals surface area contributed by atoms with Crippen LogP contribution >= 0.6 is 0 Å². The van der Waals surface area contributed by atoms with Crippen LogP contribution in [0.1, 0.15) is 17.2 Å². The summed E-state index contributed by atoms with van der Waals surface area (Å²) < 4.78 is 45.0. The van der Waals surface area contributed by atoms with Crippen LogP contribution in [0.15, 0.2) is 54.6 Å². The monoisotopic (exact) mass is 490 g/mol. The van der Waals surface area contributed by atoms with Crippen molar-refractivity contribution >= 4 is 17.5 Å². The molecule has 188 valence electrons. The number of alkyl halides is 3. The van der Waals surface area contributed by atoms with Gasteiger partial charge in [-0.1, -0.05) is 42.5 Å². The maximum atomic E-state index is 13.4. The summed E-state index contributed by atoms with van der Waals surface area (Å²) in [5, 5.41) is 2.40. The number of hydrogen-bond acceptors (Lipinski definition) is 5. The minimum Gasteiger partial charge on any atom is -0.378 e. The van der Waals surface area contributed by atoms with Gasteiger partial charge < -0.3 is 15.0 Å². The molecular formula is C25H29F3N4O3. The summed E-state index contributed by atoms with van der Waals surface area (Å²) in [6.45, 7) is 4.30. The largest absolute Gasteiger partial charge is 0.418 e. The van der Waals surface area contributed by atoms with Gasteiger partial charge in [0.05, 0.1) is 31.0 Å². The third-order valence-corrected chi connectivity index (χ3v) is 6.32. The summed E-state index contributed by atoms with van der Waals surface area (Å²) in [6.07, 6.45) is -4.55. The van der Waals surface area contributed by atoms with Crippen molar-refractivity contribution in [1.29, 1.82) is 0 Å². The van der Waals surface area contributed by atoms with E-state index in [1.807, 2.05) is 40.1 Å². The number of carbonyl (C=O) groups excluding carboxylic acids is 2. The number of hydrogen-bond donors (Lipinski definition) is 1. The van der Waals surface area contributed by atoms with Crippen LogP contribution in [0, 0.1) is 0 Å². The summed E-state index contributed by atoms with van der Waals surface area (Å²) in [5.41, 5.74) is -0.201. The van der Waals surface area contributed by atoms with Crippen LogP contribution in [0.4, 0.5) is 18.9 Å². The lowest BCUT2D eigenvalue weighted by Gasteiger charge is -2.40. The van der Waals surface area contributed by atoms with Gasteiger partial charge in [0.2, 0.25) is 11.8 Å². The summed E-state index contributed by atoms with van der Waals surface area (Å²) in [4.78, 5) is 31.8. The number of anilines is 1. The minimum absolute atomic E-state index is 0.0204. The SMILES string of the molecule is O=C(CN1CCN(C(C(=O)N2CCOCC2)c2ccccc2)CC1)Nc1ccccc1C(F)(F)F. The first kappa shape index (κ1) is 25.2. The molecule has 2 saturated heterocycles. The Hall–Kier alpha value is -2.95. The zero-order valence-corrected chi connectivity index (χ0v) is 19.3. The lowest BCUT2D eigenvalue weighted by atomic mass is 10.0. The maximum absolute atomic E-state index is 13.4. The van der Waals surface area contributed by atoms with E-state index in [-0.39, 0.29) is 18.1 Å². The van der Waals surface area contributed by atoms with Gasteiger partial charge in [-0.05, 0) is 17.7 Å². The second kappa shape index (κ2) is 11.2. The Morgan fingerprint density at radius 3 is 2.17 bits per heavy atom. The van der Waals surface area contributed by atoms with Gasteiger partial charge in [-0.3, -0.25) is 19.4 Å². The van der Waals surface area contributed by atoms with Crippen LogP contribution in [-0.2, 0) is 20.5 Å². The average molecular weight is 491 g/mol. The molecule has 2 amide bonds. The third-order valence-electron chi connectivity index (χ3n) is 6.32. The first-order valence-corrected chi connectivity index (χ1v) is 11.7. The van der Waals surface area contributed by atoms with Crippen molar-refractivity contribution in [2.45, 2.75) is 12.2 Å². The molecule has 0 bridgehead atoms. The summed E-state index contributed by atoms with van der Waals surface area (Å²) in [5.74, 6) is -0.464. The average Bonchev–Trinajstić information content (AvgIpc) is 2.86. The fourth-order valence-corrected chi connectivity index (χ4v) is 4.51. The van der Waals surface area contributed by atoms with E-state index in [0.29, 0.717) is 52.5 Å². The fraction of sp³-hybridized carbons (Fsp3) is 0.440. The van der Waals surface area contributed by atoms with Gasteiger partial charge in [-0.25, -0.2) is 0 Å². The number of nitrogens with one attached hydrogen (secondary N) is 1. The van der Waals surface area contributed by atoms with Crippen LogP contribution in [0.3, 0.4) is 0 Å². The van der Waals surface area contributed by atoms with Gasteiger partial charge in [-0.15, -0.1) is 0 Å². The van der Waals surface area contributed by atoms with Gasteiger partial charge in [0.15, 0.2) is 0 Å². The number of carbonyl (C=O) groups is 2. The highest BCUT2D eigenvalue weighted by molar-refractivity contribution is 5.93. The third kappa shape index (κ3) is 6.39. The fourth-order valence-electron chi connectivity index (χ4n) is 4.51. The van der Waals surface area contributed by atoms with E-state index in [9.17, 15) is 22.8 Å². The van der Waals surface area contributed by atoms with Crippen molar-refractivity contribution in [1.82, 2.24) is 14.7 Å². The molecule has 2 fully saturated rings. The highest BCUT2D eigenvalue weighted by Crippen LogP contribution is 2.34. The number of amides is 2. The Balaban J connectivity index is 1.37. The van der Waals surface area contributed by atoms with Gasteiger partial charge >= 0.3 is 6.18 Å². The van der Waals surface area contributed by atoms with E-state index in [2.05, 4.69) is 10.2 Å². The first-order chi connectivity index (χ1) is 16.8. The molecule has 35 heavy (non-hydrogen) atoms. The molecule has 2 aliphatic heterocycles. The molecule has 0 saturated carbocycles. The minimum atomic E-state index is -4.55. The molecule has 2 aromatic carbocycles. The second-order valence-electron chi connectivity index (χ2n) is 8.65. The van der Waals surface area contributed by atoms with E-state index >= 15 is 0 Å². The number of benzene rings is 2. The predicted octanol–water partition coefficient (Wildman–Crippen LogP) is 2.86. The smallest absolute Gasteiger partial charge is 0.378 e. The number of halogens is 3. The normalized spacial score (nSPS) is 18.8. The van der Waals surface area contributed by atoms with Gasteiger partial charge in [0.25, 0.3) is 0 Å². The summed E-state index contributed by atoms with van der Waals surface area (Å²) in [7, 11) is 0. The van der Waals surface area contributed by atoms with E-state index < -0.39 is 23.7 Å². The van der Waals surface area contributed by atoms with E-state index in [1.54, 1.807) is 0 Å². The van der Waals surface area contributed by atoms with E-state index in [1.165, 1.54) is 18.2 Å². The zero-order valence-electron chi connectivity index (χ0n) is 19.3. The standard InChI is InChI=1S/C25H29F3N4O3/c26-25(27,28)20-8-4-5-9-21(20)29-22(33)18-30-10-12-31(13-11-30)23(19-6-2-1-3-7-19)24(34)32-14-16-35-17-15-32/h1-9,23H,10-18H2,(H,29,33). The first-order valence-electron chi connectivity index (χ1n) is 11.7. The Morgan fingerprint density at radius 1 is 0.886 bits per heavy atom. The number of morpholine rings is 1. The number of rotatable bonds is 6. The maximum Gasteiger partial charge on any atom is 0.418 e. The summed E-state index contributed by atoms with van der Waals surface area (Å²) >= 11 is 0. The topological polar surface area (TPSA) is 65.1 Å². The molecule has 2 heterocycles. The molecule has 4 rings (SSSR count). The van der Waals surface area contributed by atoms with Crippen molar-refractivity contribution < 1.29 is 27.5 Å². The predicted molar refractivity (Wildman–Crippen MR) is 125 cm³/mol. The van der Waals surface area contributed by atoms with Gasteiger partial charge in [0, 0.05) is 39.3 Å². The number of piperazine rings is 1. The second-order valence-corrected chi connectivity index (χ2v) is 8.65. The Morgan fingerprint density at radius 2 is 1.51 bits per heavy atom. The van der Waals surface area contributed by atoms with Crippen molar-refractivity contribution in [3.05, 3.63) is 65.7 Å². The summed E-state index contributed by atoms with van der Waals surface area (Å²) in [6, 6.07) is 14.1. The highest BCUT2D eigenvalue weighted by atomic mass is 19.4. The molecule has 1 atom stereocenters. The van der Waals surface area contributed by atoms with Gasteiger partial charge in [0.1, 0.15) is 6.04 Å². The molecule has 10 heteroatoms. The molecule has 1 N–H and O–H groups in total. The highest BCUT2D eigenvalue weighted by Gasteiger charge is 2.35. The quantitative estimate of drug-likeness (QED) is 0.675. The molecule has 0 aromatic heterocycles. The molecule has 0 spiro atoms. The lowest BCUT2D eigenvalue weighted by Crippen LogP contribution is -2.53. The van der Waals surface area contributed by atoms with Crippen LogP contribution in [-0.4, -0.2) is 85.5 Å². The van der Waals surface area contributed by atoms with Crippen molar-refractivity contribution in [2.75, 3.05) is 64.3 Å². The van der Waals surface area contributed by atoms with Crippen LogP contribution < -0.4 is 5.32 Å². The molecule has 2 aromatic rings. The number of nitrogens with zero attached hydrogens (tertiary/aromatic N) is 3. The number of ether oxygens (including phenoxy) is 1. The van der Waals surface area contributed by atoms with Crippen LogP contribution in [0.25, 0.3) is 0 Å². The van der Waals surface area contributed by atoms with Crippen LogP contribution in [0.5, 0.6) is 0 Å². The Labute approximate surface area is 202 Å². The van der Waals surface area contributed by atoms with Crippen molar-refractivity contribution in [3.63, 3.8) is 0 Å².